The Kier molecular flexibility index (Phi) is 6.05. The lowest BCUT2D eigenvalue weighted by Gasteiger charge is -2.20. The van der Waals surface area contributed by atoms with Gasteiger partial charge in [-0.2, -0.15) is 5.26 Å². The number of nitrogens with one attached hydrogen (secondary N) is 2. The molecule has 1 aromatic heterocycles. The van der Waals surface area contributed by atoms with Gasteiger partial charge in [0.1, 0.15) is 17.4 Å². The van der Waals surface area contributed by atoms with E-state index in [-0.39, 0.29) is 23.6 Å². The molecule has 0 fully saturated rings. The van der Waals surface area contributed by atoms with Crippen LogP contribution in [0.25, 0.3) is 11.3 Å². The molecular formula is C18H20N4O3S. The van der Waals surface area contributed by atoms with Gasteiger partial charge in [0.15, 0.2) is 11.8 Å². The van der Waals surface area contributed by atoms with Gasteiger partial charge in [-0.05, 0) is 51.3 Å². The first kappa shape index (κ1) is 19.5. The number of nitrogens with zero attached hydrogens (tertiary/aromatic N) is 2. The fraction of sp³-hybridized carbons (Fsp3) is 0.333. The van der Waals surface area contributed by atoms with E-state index in [1.807, 2.05) is 26.8 Å². The largest absolute Gasteiger partial charge is 0.484 e. The number of H-pyrrole nitrogens is 1. The first-order valence-corrected chi connectivity index (χ1v) is 9.08. The lowest BCUT2D eigenvalue weighted by molar-refractivity contribution is -0.124. The van der Waals surface area contributed by atoms with E-state index in [0.717, 1.165) is 0 Å². The molecule has 26 heavy (non-hydrogen) atoms. The van der Waals surface area contributed by atoms with E-state index in [2.05, 4.69) is 15.3 Å². The maximum atomic E-state index is 12.0. The molecule has 2 aromatic rings. The van der Waals surface area contributed by atoms with Crippen molar-refractivity contribution in [2.45, 2.75) is 31.5 Å². The van der Waals surface area contributed by atoms with Gasteiger partial charge in [0.25, 0.3) is 11.5 Å². The van der Waals surface area contributed by atoms with Crippen LogP contribution < -0.4 is 15.6 Å². The van der Waals surface area contributed by atoms with Crippen LogP contribution in [0.1, 0.15) is 26.3 Å². The number of aromatic nitrogens is 2. The molecule has 0 saturated heterocycles. The number of hydrogen-bond donors (Lipinski definition) is 2. The topological polar surface area (TPSA) is 108 Å². The predicted molar refractivity (Wildman–Crippen MR) is 100 cm³/mol. The Bertz CT molecular complexity index is 893. The molecule has 2 rings (SSSR count). The minimum Gasteiger partial charge on any atom is -0.484 e. The molecule has 8 heteroatoms. The van der Waals surface area contributed by atoms with Crippen molar-refractivity contribution in [1.82, 2.24) is 15.3 Å². The zero-order valence-corrected chi connectivity index (χ0v) is 15.9. The Morgan fingerprint density at radius 1 is 1.35 bits per heavy atom. The summed E-state index contributed by atoms with van der Waals surface area (Å²) in [5.74, 6) is 0.292. The highest BCUT2D eigenvalue weighted by molar-refractivity contribution is 7.98. The van der Waals surface area contributed by atoms with Crippen molar-refractivity contribution in [1.29, 1.82) is 5.26 Å². The van der Waals surface area contributed by atoms with E-state index in [1.165, 1.54) is 11.8 Å². The van der Waals surface area contributed by atoms with Crippen LogP contribution >= 0.6 is 11.8 Å². The molecule has 0 aliphatic heterocycles. The number of rotatable bonds is 5. The number of benzene rings is 1. The maximum absolute atomic E-state index is 12.0. The average Bonchev–Trinajstić information content (AvgIpc) is 2.58. The average molecular weight is 372 g/mol. The number of amides is 1. The highest BCUT2D eigenvalue weighted by Crippen LogP contribution is 2.23. The number of aromatic amines is 1. The number of ether oxygens (including phenoxy) is 1. The van der Waals surface area contributed by atoms with E-state index in [0.29, 0.717) is 22.2 Å². The second kappa shape index (κ2) is 8.06. The third-order valence-electron chi connectivity index (χ3n) is 3.21. The first-order chi connectivity index (χ1) is 12.2. The molecule has 0 atom stereocenters. The van der Waals surface area contributed by atoms with E-state index in [4.69, 9.17) is 4.74 Å². The fourth-order valence-corrected chi connectivity index (χ4v) is 2.55. The van der Waals surface area contributed by atoms with Gasteiger partial charge in [0.2, 0.25) is 0 Å². The maximum Gasteiger partial charge on any atom is 0.270 e. The first-order valence-electron chi connectivity index (χ1n) is 7.86. The van der Waals surface area contributed by atoms with Crippen molar-refractivity contribution in [2.75, 3.05) is 12.9 Å². The van der Waals surface area contributed by atoms with E-state index >= 15 is 0 Å². The highest BCUT2D eigenvalue weighted by atomic mass is 32.2. The number of carbonyl (C=O) groups is 1. The van der Waals surface area contributed by atoms with Crippen LogP contribution in [0.3, 0.4) is 0 Å². The minimum atomic E-state index is -0.471. The molecule has 0 bridgehead atoms. The summed E-state index contributed by atoms with van der Waals surface area (Å²) < 4.78 is 5.46. The van der Waals surface area contributed by atoms with Crippen molar-refractivity contribution >= 4 is 17.7 Å². The molecule has 0 aliphatic rings. The summed E-state index contributed by atoms with van der Waals surface area (Å²) in [5, 5.41) is 12.5. The minimum absolute atomic E-state index is 0.0407. The molecule has 1 heterocycles. The fourth-order valence-electron chi connectivity index (χ4n) is 2.17. The number of nitriles is 1. The molecule has 0 radical (unpaired) electrons. The molecule has 2 N–H and O–H groups in total. The van der Waals surface area contributed by atoms with Gasteiger partial charge in [-0.15, -0.1) is 0 Å². The third-order valence-corrected chi connectivity index (χ3v) is 3.79. The Balaban J connectivity index is 2.18. The quantitative estimate of drug-likeness (QED) is 0.616. The van der Waals surface area contributed by atoms with E-state index < -0.39 is 5.56 Å². The summed E-state index contributed by atoms with van der Waals surface area (Å²) in [5.41, 5.74) is 0.105. The van der Waals surface area contributed by atoms with Crippen LogP contribution in [0.15, 0.2) is 34.2 Å². The van der Waals surface area contributed by atoms with Gasteiger partial charge >= 0.3 is 0 Å². The second-order valence-corrected chi connectivity index (χ2v) is 7.32. The van der Waals surface area contributed by atoms with Gasteiger partial charge in [-0.3, -0.25) is 9.59 Å². The second-order valence-electron chi connectivity index (χ2n) is 6.52. The molecule has 7 nitrogen and oxygen atoms in total. The Morgan fingerprint density at radius 2 is 2.00 bits per heavy atom. The zero-order chi connectivity index (χ0) is 19.3. The predicted octanol–water partition coefficient (Wildman–Crippen LogP) is 2.32. The summed E-state index contributed by atoms with van der Waals surface area (Å²) in [7, 11) is 0. The van der Waals surface area contributed by atoms with E-state index in [9.17, 15) is 14.9 Å². The summed E-state index contributed by atoms with van der Waals surface area (Å²) in [6.07, 6.45) is 1.79. The Hall–Kier alpha value is -2.79. The molecule has 136 valence electrons. The SMILES string of the molecule is CSc1nc(-c2ccc(OCC(=O)NC(C)(C)C)cc2)c(C#N)c(=O)[nH]1. The smallest absolute Gasteiger partial charge is 0.270 e. The van der Waals surface area contributed by atoms with Crippen LogP contribution in [-0.2, 0) is 4.79 Å². The Morgan fingerprint density at radius 3 is 2.54 bits per heavy atom. The van der Waals surface area contributed by atoms with Crippen molar-refractivity contribution in [3.8, 4) is 23.1 Å². The Labute approximate surface area is 155 Å². The normalized spacial score (nSPS) is 10.9. The van der Waals surface area contributed by atoms with Crippen molar-refractivity contribution < 1.29 is 9.53 Å². The molecule has 0 saturated carbocycles. The molecule has 0 unspecified atom stereocenters. The van der Waals surface area contributed by atoms with Crippen molar-refractivity contribution in [2.24, 2.45) is 0 Å². The summed E-state index contributed by atoms with van der Waals surface area (Å²) in [4.78, 5) is 30.6. The third kappa shape index (κ3) is 5.10. The van der Waals surface area contributed by atoms with Crippen molar-refractivity contribution in [3.63, 3.8) is 0 Å². The van der Waals surface area contributed by atoms with Crippen LogP contribution in [0, 0.1) is 11.3 Å². The van der Waals surface area contributed by atoms with Gasteiger partial charge in [-0.25, -0.2) is 4.98 Å². The van der Waals surface area contributed by atoms with Crippen molar-refractivity contribution in [3.05, 3.63) is 40.2 Å². The monoisotopic (exact) mass is 372 g/mol. The number of thioether (sulfide) groups is 1. The highest BCUT2D eigenvalue weighted by Gasteiger charge is 2.15. The summed E-state index contributed by atoms with van der Waals surface area (Å²) in [6.45, 7) is 5.58. The number of carbonyl (C=O) groups excluding carboxylic acids is 1. The molecule has 1 amide bonds. The van der Waals surface area contributed by atoms with Crippen LogP contribution in [0.2, 0.25) is 0 Å². The summed E-state index contributed by atoms with van der Waals surface area (Å²) in [6, 6.07) is 8.62. The van der Waals surface area contributed by atoms with Crippen LogP contribution in [0.4, 0.5) is 0 Å². The van der Waals surface area contributed by atoms with Gasteiger partial charge in [-0.1, -0.05) is 11.8 Å². The number of hydrogen-bond acceptors (Lipinski definition) is 6. The van der Waals surface area contributed by atoms with Gasteiger partial charge < -0.3 is 15.0 Å². The standard InChI is InChI=1S/C18H20N4O3S/c1-18(2,3)22-14(23)10-25-12-7-5-11(6-8-12)15-13(9-19)16(24)21-17(20-15)26-4/h5-8H,10H2,1-4H3,(H,22,23)(H,20,21,24). The van der Waals surface area contributed by atoms with Crippen LogP contribution in [0.5, 0.6) is 5.75 Å². The zero-order valence-electron chi connectivity index (χ0n) is 15.0. The van der Waals surface area contributed by atoms with Crippen LogP contribution in [-0.4, -0.2) is 34.3 Å². The van der Waals surface area contributed by atoms with Gasteiger partial charge in [0, 0.05) is 11.1 Å². The lowest BCUT2D eigenvalue weighted by atomic mass is 10.1. The summed E-state index contributed by atoms with van der Waals surface area (Å²) >= 11 is 1.28. The molecule has 1 aromatic carbocycles. The molecule has 0 aliphatic carbocycles. The molecular weight excluding hydrogens is 352 g/mol. The van der Waals surface area contributed by atoms with Gasteiger partial charge in [0.05, 0.1) is 5.69 Å². The lowest BCUT2D eigenvalue weighted by Crippen LogP contribution is -2.43. The molecule has 0 spiro atoms. The van der Waals surface area contributed by atoms with E-state index in [1.54, 1.807) is 30.5 Å².